The first-order valence-corrected chi connectivity index (χ1v) is 8.16. The number of aryl methyl sites for hydroxylation is 2. The summed E-state index contributed by atoms with van der Waals surface area (Å²) < 4.78 is 0. The molecule has 1 aromatic heterocycles. The molecule has 0 radical (unpaired) electrons. The van der Waals surface area contributed by atoms with Crippen LogP contribution < -0.4 is 5.32 Å². The molecule has 0 amide bonds. The van der Waals surface area contributed by atoms with Gasteiger partial charge in [-0.25, -0.2) is 0 Å². The summed E-state index contributed by atoms with van der Waals surface area (Å²) in [6.07, 6.45) is 3.15. The van der Waals surface area contributed by atoms with E-state index in [9.17, 15) is 0 Å². The van der Waals surface area contributed by atoms with Crippen LogP contribution in [0, 0.1) is 0 Å². The third-order valence-electron chi connectivity index (χ3n) is 3.22. The molecule has 2 aromatic rings. The number of nitrogens with zero attached hydrogens (tertiary/aromatic N) is 2. The third kappa shape index (κ3) is 4.12. The smallest absolute Gasteiger partial charge is 0.148 e. The molecule has 2 rings (SSSR count). The lowest BCUT2D eigenvalue weighted by atomic mass is 10.1. The van der Waals surface area contributed by atoms with Gasteiger partial charge in [0.05, 0.1) is 0 Å². The Morgan fingerprint density at radius 3 is 2.75 bits per heavy atom. The quantitative estimate of drug-likeness (QED) is 0.790. The molecule has 1 aromatic carbocycles. The first kappa shape index (κ1) is 15.1. The zero-order valence-corrected chi connectivity index (χ0v) is 13.3. The topological polar surface area (TPSA) is 37.8 Å². The van der Waals surface area contributed by atoms with Gasteiger partial charge >= 0.3 is 0 Å². The van der Waals surface area contributed by atoms with E-state index in [2.05, 4.69) is 60.6 Å². The van der Waals surface area contributed by atoms with E-state index in [4.69, 9.17) is 0 Å². The van der Waals surface area contributed by atoms with Crippen LogP contribution in [0.25, 0.3) is 10.6 Å². The van der Waals surface area contributed by atoms with E-state index in [0.717, 1.165) is 35.8 Å². The summed E-state index contributed by atoms with van der Waals surface area (Å²) in [6.45, 7) is 7.56. The summed E-state index contributed by atoms with van der Waals surface area (Å²) in [5, 5.41) is 14.3. The lowest BCUT2D eigenvalue weighted by Gasteiger charge is -2.05. The van der Waals surface area contributed by atoms with Crippen LogP contribution in [0.1, 0.15) is 37.8 Å². The van der Waals surface area contributed by atoms with E-state index in [1.807, 2.05) is 0 Å². The number of hydrogen-bond donors (Lipinski definition) is 1. The molecular formula is C16H23N3S. The van der Waals surface area contributed by atoms with Crippen LogP contribution >= 0.6 is 11.3 Å². The van der Waals surface area contributed by atoms with Gasteiger partial charge in [-0.15, -0.1) is 10.2 Å². The highest BCUT2D eigenvalue weighted by atomic mass is 32.1. The van der Waals surface area contributed by atoms with Gasteiger partial charge in [-0.3, -0.25) is 0 Å². The minimum Gasteiger partial charge on any atom is -0.315 e. The van der Waals surface area contributed by atoms with Gasteiger partial charge in [-0.1, -0.05) is 56.4 Å². The fourth-order valence-corrected chi connectivity index (χ4v) is 3.07. The Balaban J connectivity index is 1.98. The van der Waals surface area contributed by atoms with Gasteiger partial charge in [0.25, 0.3) is 0 Å². The van der Waals surface area contributed by atoms with Crippen molar-refractivity contribution in [2.45, 2.75) is 46.1 Å². The van der Waals surface area contributed by atoms with Gasteiger partial charge in [0.2, 0.25) is 0 Å². The van der Waals surface area contributed by atoms with Crippen molar-refractivity contribution in [3.63, 3.8) is 0 Å². The third-order valence-corrected chi connectivity index (χ3v) is 4.23. The standard InChI is InChI=1S/C16H23N3S/c1-4-13-8-5-6-9-14(13)16-19-18-15(20-16)10-7-11-17-12(2)3/h5-6,8-9,12,17H,4,7,10-11H2,1-3H3. The molecule has 20 heavy (non-hydrogen) atoms. The molecule has 0 bridgehead atoms. The molecule has 0 unspecified atom stereocenters. The Bertz CT molecular complexity index is 534. The van der Waals surface area contributed by atoms with E-state index in [-0.39, 0.29) is 0 Å². The maximum absolute atomic E-state index is 4.36. The van der Waals surface area contributed by atoms with Crippen LogP contribution in [0.5, 0.6) is 0 Å². The average Bonchev–Trinajstić information content (AvgIpc) is 2.92. The summed E-state index contributed by atoms with van der Waals surface area (Å²) in [5.74, 6) is 0. The second kappa shape index (κ2) is 7.50. The minimum absolute atomic E-state index is 0.552. The van der Waals surface area contributed by atoms with Crippen molar-refractivity contribution in [3.05, 3.63) is 34.8 Å². The Morgan fingerprint density at radius 1 is 1.20 bits per heavy atom. The summed E-state index contributed by atoms with van der Waals surface area (Å²) >= 11 is 1.72. The molecule has 0 spiro atoms. The highest BCUT2D eigenvalue weighted by molar-refractivity contribution is 7.14. The second-order valence-electron chi connectivity index (χ2n) is 5.22. The molecule has 4 heteroatoms. The molecule has 1 N–H and O–H groups in total. The normalized spacial score (nSPS) is 11.2. The van der Waals surface area contributed by atoms with Crippen molar-refractivity contribution in [2.75, 3.05) is 6.54 Å². The predicted molar refractivity (Wildman–Crippen MR) is 86.2 cm³/mol. The molecular weight excluding hydrogens is 266 g/mol. The Labute approximate surface area is 125 Å². The Kier molecular flexibility index (Phi) is 5.68. The zero-order valence-electron chi connectivity index (χ0n) is 12.5. The number of rotatable bonds is 7. The summed E-state index contributed by atoms with van der Waals surface area (Å²) in [4.78, 5) is 0. The summed E-state index contributed by atoms with van der Waals surface area (Å²) in [6, 6.07) is 9.02. The van der Waals surface area contributed by atoms with Crippen LogP contribution in [0.3, 0.4) is 0 Å². The molecule has 0 aliphatic carbocycles. The maximum Gasteiger partial charge on any atom is 0.148 e. The molecule has 1 heterocycles. The number of nitrogens with one attached hydrogen (secondary N) is 1. The van der Waals surface area contributed by atoms with E-state index in [1.54, 1.807) is 11.3 Å². The fraction of sp³-hybridized carbons (Fsp3) is 0.500. The highest BCUT2D eigenvalue weighted by Gasteiger charge is 2.09. The molecule has 0 saturated heterocycles. The monoisotopic (exact) mass is 289 g/mol. The predicted octanol–water partition coefficient (Wildman–Crippen LogP) is 3.70. The lowest BCUT2D eigenvalue weighted by Crippen LogP contribution is -2.23. The van der Waals surface area contributed by atoms with Crippen molar-refractivity contribution in [1.29, 1.82) is 0 Å². The highest BCUT2D eigenvalue weighted by Crippen LogP contribution is 2.27. The summed E-state index contributed by atoms with van der Waals surface area (Å²) in [7, 11) is 0. The van der Waals surface area contributed by atoms with Gasteiger partial charge in [0, 0.05) is 18.0 Å². The molecule has 0 aliphatic heterocycles. The van der Waals surface area contributed by atoms with E-state index < -0.39 is 0 Å². The second-order valence-corrected chi connectivity index (χ2v) is 6.29. The van der Waals surface area contributed by atoms with E-state index in [1.165, 1.54) is 11.1 Å². The minimum atomic E-state index is 0.552. The fourth-order valence-electron chi connectivity index (χ4n) is 2.13. The van der Waals surface area contributed by atoms with Crippen LogP contribution in [-0.4, -0.2) is 22.8 Å². The van der Waals surface area contributed by atoms with Crippen LogP contribution in [0.2, 0.25) is 0 Å². The number of hydrogen-bond acceptors (Lipinski definition) is 4. The van der Waals surface area contributed by atoms with Gasteiger partial charge < -0.3 is 5.32 Å². The summed E-state index contributed by atoms with van der Waals surface area (Å²) in [5.41, 5.74) is 2.58. The first-order chi connectivity index (χ1) is 9.70. The molecule has 0 aliphatic rings. The van der Waals surface area contributed by atoms with E-state index in [0.29, 0.717) is 6.04 Å². The molecule has 0 saturated carbocycles. The van der Waals surface area contributed by atoms with Crippen LogP contribution in [0.4, 0.5) is 0 Å². The zero-order chi connectivity index (χ0) is 14.4. The van der Waals surface area contributed by atoms with Crippen LogP contribution in [0.15, 0.2) is 24.3 Å². The van der Waals surface area contributed by atoms with Crippen molar-refractivity contribution in [1.82, 2.24) is 15.5 Å². The molecule has 0 atom stereocenters. The molecule has 3 nitrogen and oxygen atoms in total. The largest absolute Gasteiger partial charge is 0.315 e. The van der Waals surface area contributed by atoms with Crippen molar-refractivity contribution in [2.24, 2.45) is 0 Å². The lowest BCUT2D eigenvalue weighted by molar-refractivity contribution is 0.569. The van der Waals surface area contributed by atoms with E-state index >= 15 is 0 Å². The molecule has 0 fully saturated rings. The molecule has 108 valence electrons. The SMILES string of the molecule is CCc1ccccc1-c1nnc(CCCNC(C)C)s1. The van der Waals surface area contributed by atoms with Gasteiger partial charge in [0.15, 0.2) is 0 Å². The van der Waals surface area contributed by atoms with Crippen LogP contribution in [-0.2, 0) is 12.8 Å². The van der Waals surface area contributed by atoms with Gasteiger partial charge in [-0.2, -0.15) is 0 Å². The first-order valence-electron chi connectivity index (χ1n) is 7.34. The van der Waals surface area contributed by atoms with Gasteiger partial charge in [0.1, 0.15) is 10.0 Å². The maximum atomic E-state index is 4.36. The Hall–Kier alpha value is -1.26. The van der Waals surface area contributed by atoms with Crippen molar-refractivity contribution in [3.8, 4) is 10.6 Å². The van der Waals surface area contributed by atoms with Crippen molar-refractivity contribution >= 4 is 11.3 Å². The average molecular weight is 289 g/mol. The Morgan fingerprint density at radius 2 is 2.00 bits per heavy atom. The van der Waals surface area contributed by atoms with Gasteiger partial charge in [-0.05, 0) is 24.9 Å². The van der Waals surface area contributed by atoms with Crippen molar-refractivity contribution < 1.29 is 0 Å². The number of aromatic nitrogens is 2. The number of benzene rings is 1.